The fourth-order valence-corrected chi connectivity index (χ4v) is 3.79. The number of para-hydroxylation sites is 1. The van der Waals surface area contributed by atoms with E-state index in [9.17, 15) is 9.59 Å². The molecule has 0 fully saturated rings. The van der Waals surface area contributed by atoms with Gasteiger partial charge in [-0.1, -0.05) is 32.0 Å². The lowest BCUT2D eigenvalue weighted by molar-refractivity contribution is -0.115. The Bertz CT molecular complexity index is 823. The van der Waals surface area contributed by atoms with Crippen molar-refractivity contribution in [2.45, 2.75) is 37.0 Å². The molecule has 1 heterocycles. The van der Waals surface area contributed by atoms with Crippen molar-refractivity contribution in [3.63, 3.8) is 0 Å². The Hall–Kier alpha value is -2.47. The van der Waals surface area contributed by atoms with E-state index in [1.807, 2.05) is 43.3 Å². The van der Waals surface area contributed by atoms with Crippen molar-refractivity contribution in [2.24, 2.45) is 5.92 Å². The highest BCUT2D eigenvalue weighted by Crippen LogP contribution is 2.35. The number of hydrogen-bond donors (Lipinski definition) is 3. The van der Waals surface area contributed by atoms with E-state index in [1.54, 1.807) is 12.1 Å². The number of hydrogen-bond acceptors (Lipinski definition) is 4. The van der Waals surface area contributed by atoms with E-state index in [-0.39, 0.29) is 23.1 Å². The number of carbonyl (C=O) groups is 2. The molecule has 3 N–H and O–H groups in total. The summed E-state index contributed by atoms with van der Waals surface area (Å²) in [6, 6.07) is 15.5. The monoisotopic (exact) mass is 383 g/mol. The third-order valence-corrected chi connectivity index (χ3v) is 5.76. The number of anilines is 2. The summed E-state index contributed by atoms with van der Waals surface area (Å²) in [7, 11) is 0. The van der Waals surface area contributed by atoms with Crippen molar-refractivity contribution < 1.29 is 9.59 Å². The Morgan fingerprint density at radius 1 is 1.19 bits per heavy atom. The lowest BCUT2D eigenvalue weighted by Gasteiger charge is -2.24. The molecule has 2 aromatic rings. The van der Waals surface area contributed by atoms with Gasteiger partial charge >= 0.3 is 0 Å². The summed E-state index contributed by atoms with van der Waals surface area (Å²) >= 11 is 1.51. The molecule has 5 nitrogen and oxygen atoms in total. The number of amides is 2. The van der Waals surface area contributed by atoms with Gasteiger partial charge in [0, 0.05) is 28.7 Å². The molecule has 0 saturated heterocycles. The number of carbonyl (C=O) groups excluding carboxylic acids is 2. The van der Waals surface area contributed by atoms with Crippen LogP contribution in [0.1, 0.15) is 31.1 Å². The van der Waals surface area contributed by atoms with E-state index in [1.165, 1.54) is 11.8 Å². The fourth-order valence-electron chi connectivity index (χ4n) is 2.86. The average Bonchev–Trinajstić information content (AvgIpc) is 2.66. The second-order valence-electron chi connectivity index (χ2n) is 7.03. The van der Waals surface area contributed by atoms with Gasteiger partial charge in [0.2, 0.25) is 5.91 Å². The SMILES string of the molecule is CC(C)[C@H](CNC(=O)c1ccc2c(c1)NC(=O)[C@H](C)S2)Nc1ccccc1. The smallest absolute Gasteiger partial charge is 0.251 e. The summed E-state index contributed by atoms with van der Waals surface area (Å²) in [4.78, 5) is 25.4. The van der Waals surface area contributed by atoms with Crippen LogP contribution in [0.2, 0.25) is 0 Å². The lowest BCUT2D eigenvalue weighted by atomic mass is 10.0. The summed E-state index contributed by atoms with van der Waals surface area (Å²) in [5, 5.41) is 9.23. The van der Waals surface area contributed by atoms with Crippen molar-refractivity contribution in [3.05, 3.63) is 54.1 Å². The summed E-state index contributed by atoms with van der Waals surface area (Å²) < 4.78 is 0. The molecule has 0 saturated carbocycles. The first-order valence-corrected chi connectivity index (χ1v) is 10.0. The van der Waals surface area contributed by atoms with Crippen LogP contribution in [0.3, 0.4) is 0 Å². The number of thioether (sulfide) groups is 1. The van der Waals surface area contributed by atoms with Crippen LogP contribution in [0.5, 0.6) is 0 Å². The molecule has 0 aliphatic carbocycles. The van der Waals surface area contributed by atoms with Gasteiger partial charge < -0.3 is 16.0 Å². The Kier molecular flexibility index (Phi) is 6.06. The summed E-state index contributed by atoms with van der Waals surface area (Å²) in [6.07, 6.45) is 0. The van der Waals surface area contributed by atoms with E-state index in [2.05, 4.69) is 29.8 Å². The van der Waals surface area contributed by atoms with Gasteiger partial charge in [-0.3, -0.25) is 9.59 Å². The Morgan fingerprint density at radius 2 is 1.93 bits per heavy atom. The molecule has 1 aliphatic rings. The molecule has 0 radical (unpaired) electrons. The maximum absolute atomic E-state index is 12.6. The molecule has 2 aromatic carbocycles. The van der Waals surface area contributed by atoms with Gasteiger partial charge in [-0.2, -0.15) is 0 Å². The van der Waals surface area contributed by atoms with Crippen molar-refractivity contribution >= 4 is 35.0 Å². The highest BCUT2D eigenvalue weighted by molar-refractivity contribution is 8.00. The third kappa shape index (κ3) is 4.83. The van der Waals surface area contributed by atoms with E-state index in [0.717, 1.165) is 10.6 Å². The van der Waals surface area contributed by atoms with Gasteiger partial charge in [-0.25, -0.2) is 0 Å². The van der Waals surface area contributed by atoms with Crippen molar-refractivity contribution in [3.8, 4) is 0 Å². The summed E-state index contributed by atoms with van der Waals surface area (Å²) in [6.45, 7) is 6.63. The van der Waals surface area contributed by atoms with Crippen LogP contribution in [0.15, 0.2) is 53.4 Å². The van der Waals surface area contributed by atoms with E-state index >= 15 is 0 Å². The van der Waals surface area contributed by atoms with Crippen LogP contribution >= 0.6 is 11.8 Å². The molecule has 0 unspecified atom stereocenters. The standard InChI is InChI=1S/C21H25N3O2S/c1-13(2)18(23-16-7-5-4-6-8-16)12-22-21(26)15-9-10-19-17(11-15)24-20(25)14(3)27-19/h4-11,13-14,18,23H,12H2,1-3H3,(H,22,26)(H,24,25)/t14-,18-/m0/s1. The van der Waals surface area contributed by atoms with Crippen LogP contribution in [0.25, 0.3) is 0 Å². The molecule has 2 atom stereocenters. The zero-order valence-electron chi connectivity index (χ0n) is 15.8. The van der Waals surface area contributed by atoms with E-state index in [0.29, 0.717) is 23.7 Å². The molecule has 27 heavy (non-hydrogen) atoms. The minimum Gasteiger partial charge on any atom is -0.380 e. The van der Waals surface area contributed by atoms with Gasteiger partial charge in [-0.15, -0.1) is 11.8 Å². The predicted molar refractivity (Wildman–Crippen MR) is 111 cm³/mol. The first kappa shape index (κ1) is 19.3. The fraction of sp³-hybridized carbons (Fsp3) is 0.333. The molecular formula is C21H25N3O2S. The molecule has 2 amide bonds. The van der Waals surface area contributed by atoms with Crippen molar-refractivity contribution in [2.75, 3.05) is 17.2 Å². The number of rotatable bonds is 6. The number of benzene rings is 2. The second kappa shape index (κ2) is 8.48. The topological polar surface area (TPSA) is 70.2 Å². The zero-order valence-corrected chi connectivity index (χ0v) is 16.6. The van der Waals surface area contributed by atoms with Gasteiger partial charge in [0.05, 0.1) is 10.9 Å². The summed E-state index contributed by atoms with van der Waals surface area (Å²) in [5.74, 6) is 0.180. The minimum atomic E-state index is -0.142. The molecule has 0 spiro atoms. The van der Waals surface area contributed by atoms with Gasteiger partial charge in [0.25, 0.3) is 5.91 Å². The first-order chi connectivity index (χ1) is 12.9. The maximum Gasteiger partial charge on any atom is 0.251 e. The third-order valence-electron chi connectivity index (χ3n) is 4.59. The largest absolute Gasteiger partial charge is 0.380 e. The van der Waals surface area contributed by atoms with Crippen molar-refractivity contribution in [1.82, 2.24) is 5.32 Å². The first-order valence-electron chi connectivity index (χ1n) is 9.15. The Balaban J connectivity index is 1.64. The molecule has 3 rings (SSSR count). The highest BCUT2D eigenvalue weighted by Gasteiger charge is 2.24. The van der Waals surface area contributed by atoms with Crippen LogP contribution in [-0.4, -0.2) is 29.7 Å². The molecule has 142 valence electrons. The number of nitrogens with one attached hydrogen (secondary N) is 3. The zero-order chi connectivity index (χ0) is 19.4. The van der Waals surface area contributed by atoms with Crippen LogP contribution < -0.4 is 16.0 Å². The predicted octanol–water partition coefficient (Wildman–Crippen LogP) is 3.99. The number of fused-ring (bicyclic) bond motifs is 1. The molecular weight excluding hydrogens is 358 g/mol. The Morgan fingerprint density at radius 3 is 2.63 bits per heavy atom. The highest BCUT2D eigenvalue weighted by atomic mass is 32.2. The average molecular weight is 384 g/mol. The Labute approximate surface area is 164 Å². The van der Waals surface area contributed by atoms with E-state index in [4.69, 9.17) is 0 Å². The van der Waals surface area contributed by atoms with Crippen molar-refractivity contribution in [1.29, 1.82) is 0 Å². The molecule has 6 heteroatoms. The summed E-state index contributed by atoms with van der Waals surface area (Å²) in [5.41, 5.74) is 2.29. The van der Waals surface area contributed by atoms with Gasteiger partial charge in [0.1, 0.15) is 0 Å². The van der Waals surface area contributed by atoms with Gasteiger partial charge in [-0.05, 0) is 43.2 Å². The molecule has 1 aliphatic heterocycles. The van der Waals surface area contributed by atoms with Crippen LogP contribution in [0, 0.1) is 5.92 Å². The van der Waals surface area contributed by atoms with E-state index < -0.39 is 0 Å². The molecule has 0 aromatic heterocycles. The normalized spacial score (nSPS) is 17.0. The lowest BCUT2D eigenvalue weighted by Crippen LogP contribution is -2.39. The molecule has 0 bridgehead atoms. The van der Waals surface area contributed by atoms with Crippen LogP contribution in [0.4, 0.5) is 11.4 Å². The quantitative estimate of drug-likeness (QED) is 0.705. The van der Waals surface area contributed by atoms with Gasteiger partial charge in [0.15, 0.2) is 0 Å². The van der Waals surface area contributed by atoms with Crippen LogP contribution in [-0.2, 0) is 4.79 Å². The second-order valence-corrected chi connectivity index (χ2v) is 8.41. The maximum atomic E-state index is 12.6. The minimum absolute atomic E-state index is 0.0306.